The summed E-state index contributed by atoms with van der Waals surface area (Å²) in [5, 5.41) is 9.48. The lowest BCUT2D eigenvalue weighted by atomic mass is 9.91. The van der Waals surface area contributed by atoms with Gasteiger partial charge in [-0.1, -0.05) is 25.9 Å². The number of aromatic nitrogens is 1. The Kier molecular flexibility index (Phi) is 7.28. The van der Waals surface area contributed by atoms with Crippen molar-refractivity contribution in [2.45, 2.75) is 51.6 Å². The van der Waals surface area contributed by atoms with E-state index in [0.29, 0.717) is 0 Å². The van der Waals surface area contributed by atoms with E-state index in [4.69, 9.17) is 4.52 Å². The number of piperidine rings is 1. The van der Waals surface area contributed by atoms with Gasteiger partial charge in [0.05, 0.1) is 5.69 Å². The Morgan fingerprint density at radius 3 is 2.69 bits per heavy atom. The van der Waals surface area contributed by atoms with E-state index in [1.165, 1.54) is 72.5 Å². The van der Waals surface area contributed by atoms with Gasteiger partial charge in [0.2, 0.25) is 0 Å². The Bertz CT molecular complexity index is 1000. The summed E-state index contributed by atoms with van der Waals surface area (Å²) >= 11 is 1.88. The summed E-state index contributed by atoms with van der Waals surface area (Å²) in [7, 11) is 5.19. The lowest BCUT2D eigenvalue weighted by Gasteiger charge is -2.31. The van der Waals surface area contributed by atoms with Gasteiger partial charge in [0.25, 0.3) is 0 Å². The van der Waals surface area contributed by atoms with Crippen molar-refractivity contribution in [3.05, 3.63) is 45.8 Å². The maximum Gasteiger partial charge on any atom is 0.172 e. The summed E-state index contributed by atoms with van der Waals surface area (Å²) in [5.74, 6) is 1.78. The fourth-order valence-corrected chi connectivity index (χ4v) is 7.17. The van der Waals surface area contributed by atoms with Crippen LogP contribution in [0.1, 0.15) is 48.2 Å². The Labute approximate surface area is 198 Å². The Hall–Kier alpha value is -1.26. The fraction of sp³-hybridized carbons (Fsp3) is 0.577. The largest absolute Gasteiger partial charge is 0.356 e. The van der Waals surface area contributed by atoms with E-state index in [-0.39, 0.29) is 0 Å². The highest BCUT2D eigenvalue weighted by molar-refractivity contribution is 7.47. The molecular weight excluding hydrogens is 433 g/mol. The maximum atomic E-state index is 5.98. The molecule has 0 amide bonds. The molecule has 0 spiro atoms. The SMILES string of the molecule is CN(C)Cc1c(PCC2CC2)ccc2c(CCC3CCN(Cc4cccs4)CC3)noc12. The Balaban J connectivity index is 1.21. The van der Waals surface area contributed by atoms with Crippen molar-refractivity contribution in [1.29, 1.82) is 0 Å². The van der Waals surface area contributed by atoms with Crippen molar-refractivity contribution in [3.63, 3.8) is 0 Å². The molecule has 0 radical (unpaired) electrons. The predicted octanol–water partition coefficient (Wildman–Crippen LogP) is 5.51. The molecule has 2 fully saturated rings. The number of rotatable bonds is 10. The van der Waals surface area contributed by atoms with Gasteiger partial charge in [0, 0.05) is 28.9 Å². The summed E-state index contributed by atoms with van der Waals surface area (Å²) in [6, 6.07) is 9.08. The van der Waals surface area contributed by atoms with E-state index >= 15 is 0 Å². The maximum absolute atomic E-state index is 5.98. The topological polar surface area (TPSA) is 32.5 Å². The molecule has 32 heavy (non-hydrogen) atoms. The Morgan fingerprint density at radius 1 is 1.12 bits per heavy atom. The number of fused-ring (bicyclic) bond motifs is 1. The molecule has 1 atom stereocenters. The van der Waals surface area contributed by atoms with E-state index in [0.717, 1.165) is 51.2 Å². The van der Waals surface area contributed by atoms with Gasteiger partial charge in [-0.2, -0.15) is 0 Å². The average molecular weight is 470 g/mol. The third-order valence-electron chi connectivity index (χ3n) is 7.03. The number of aryl methyl sites for hydroxylation is 1. The molecule has 0 bridgehead atoms. The molecule has 1 saturated heterocycles. The van der Waals surface area contributed by atoms with Crippen molar-refractivity contribution in [2.75, 3.05) is 33.3 Å². The molecule has 2 aromatic heterocycles. The molecule has 1 aromatic carbocycles. The second-order valence-corrected chi connectivity index (χ2v) is 12.3. The van der Waals surface area contributed by atoms with Gasteiger partial charge in [0.1, 0.15) is 0 Å². The average Bonchev–Trinajstić information content (AvgIpc) is 3.30. The third kappa shape index (κ3) is 5.62. The number of nitrogens with zero attached hydrogens (tertiary/aromatic N) is 3. The molecular formula is C26H36N3OPS. The molecule has 1 aliphatic heterocycles. The molecule has 0 N–H and O–H groups in total. The van der Waals surface area contributed by atoms with Crippen LogP contribution in [0.4, 0.5) is 0 Å². The third-order valence-corrected chi connectivity index (χ3v) is 9.52. The van der Waals surface area contributed by atoms with Gasteiger partial charge in [0.15, 0.2) is 5.58 Å². The first-order valence-corrected chi connectivity index (χ1v) is 14.3. The smallest absolute Gasteiger partial charge is 0.172 e. The van der Waals surface area contributed by atoms with Crippen molar-refractivity contribution in [2.24, 2.45) is 11.8 Å². The summed E-state index contributed by atoms with van der Waals surface area (Å²) in [6.45, 7) is 4.50. The predicted molar refractivity (Wildman–Crippen MR) is 138 cm³/mol. The van der Waals surface area contributed by atoms with Gasteiger partial charge < -0.3 is 9.42 Å². The minimum Gasteiger partial charge on any atom is -0.356 e. The van der Waals surface area contributed by atoms with Crippen LogP contribution in [0.2, 0.25) is 0 Å². The van der Waals surface area contributed by atoms with E-state index in [2.05, 4.69) is 58.7 Å². The van der Waals surface area contributed by atoms with Crippen LogP contribution in [0, 0.1) is 11.8 Å². The first kappa shape index (κ1) is 22.5. The number of benzene rings is 1. The van der Waals surface area contributed by atoms with Crippen molar-refractivity contribution < 1.29 is 4.52 Å². The first-order chi connectivity index (χ1) is 15.7. The van der Waals surface area contributed by atoms with E-state index < -0.39 is 0 Å². The molecule has 1 aliphatic carbocycles. The van der Waals surface area contributed by atoms with Crippen LogP contribution in [0.5, 0.6) is 0 Å². The number of thiophene rings is 1. The molecule has 1 saturated carbocycles. The van der Waals surface area contributed by atoms with Crippen LogP contribution < -0.4 is 5.30 Å². The zero-order valence-corrected chi connectivity index (χ0v) is 21.3. The molecule has 172 valence electrons. The number of hydrogen-bond acceptors (Lipinski definition) is 5. The lowest BCUT2D eigenvalue weighted by Crippen LogP contribution is -2.33. The molecule has 2 aliphatic rings. The summed E-state index contributed by atoms with van der Waals surface area (Å²) in [4.78, 5) is 6.36. The number of likely N-dealkylation sites (tertiary alicyclic amines) is 1. The highest BCUT2D eigenvalue weighted by Gasteiger charge is 2.24. The Morgan fingerprint density at radius 2 is 1.97 bits per heavy atom. The molecule has 4 nitrogen and oxygen atoms in total. The second kappa shape index (κ2) is 10.3. The minimum absolute atomic E-state index is 0.807. The van der Waals surface area contributed by atoms with Crippen LogP contribution in [-0.2, 0) is 19.5 Å². The molecule has 3 heterocycles. The highest BCUT2D eigenvalue weighted by atomic mass is 32.1. The zero-order valence-electron chi connectivity index (χ0n) is 19.5. The standard InChI is InChI=1S/C26H36N3OPS/c1-28(2)17-23-25(31-18-20-5-6-20)10-8-22-24(27-30-26(22)23)9-7-19-11-13-29(14-12-19)16-21-4-3-15-32-21/h3-4,8,10,15,19-20,31H,5-7,9,11-14,16-18H2,1-2H3. The number of hydrogen-bond donors (Lipinski definition) is 0. The lowest BCUT2D eigenvalue weighted by molar-refractivity contribution is 0.173. The quantitative estimate of drug-likeness (QED) is 0.367. The van der Waals surface area contributed by atoms with Crippen LogP contribution in [-0.4, -0.2) is 48.3 Å². The van der Waals surface area contributed by atoms with Crippen LogP contribution >= 0.6 is 19.9 Å². The highest BCUT2D eigenvalue weighted by Crippen LogP contribution is 2.36. The summed E-state index contributed by atoms with van der Waals surface area (Å²) in [6.07, 6.45) is 9.07. The second-order valence-electron chi connectivity index (χ2n) is 10.00. The van der Waals surface area contributed by atoms with Gasteiger partial charge >= 0.3 is 0 Å². The zero-order chi connectivity index (χ0) is 21.9. The van der Waals surface area contributed by atoms with Gasteiger partial charge in [-0.25, -0.2) is 0 Å². The molecule has 6 heteroatoms. The normalized spacial score (nSPS) is 18.6. The van der Waals surface area contributed by atoms with Gasteiger partial charge in [-0.15, -0.1) is 11.3 Å². The van der Waals surface area contributed by atoms with Crippen molar-refractivity contribution in [3.8, 4) is 0 Å². The van der Waals surface area contributed by atoms with E-state index in [1.807, 2.05) is 11.3 Å². The van der Waals surface area contributed by atoms with Crippen molar-refractivity contribution in [1.82, 2.24) is 15.0 Å². The summed E-state index contributed by atoms with van der Waals surface area (Å²) < 4.78 is 5.98. The van der Waals surface area contributed by atoms with Crippen LogP contribution in [0.15, 0.2) is 34.2 Å². The molecule has 3 aromatic rings. The first-order valence-electron chi connectivity index (χ1n) is 12.2. The minimum atomic E-state index is 0.807. The van der Waals surface area contributed by atoms with E-state index in [9.17, 15) is 0 Å². The van der Waals surface area contributed by atoms with Gasteiger partial charge in [-0.3, -0.25) is 4.90 Å². The van der Waals surface area contributed by atoms with E-state index in [1.54, 1.807) is 0 Å². The monoisotopic (exact) mass is 469 g/mol. The van der Waals surface area contributed by atoms with Gasteiger partial charge in [-0.05, 0) is 107 Å². The van der Waals surface area contributed by atoms with Crippen LogP contribution in [0.25, 0.3) is 11.0 Å². The fourth-order valence-electron chi connectivity index (χ4n) is 4.90. The molecule has 1 unspecified atom stereocenters. The summed E-state index contributed by atoms with van der Waals surface area (Å²) in [5.41, 5.74) is 3.57. The van der Waals surface area contributed by atoms with Crippen molar-refractivity contribution >= 4 is 36.2 Å². The van der Waals surface area contributed by atoms with Crippen LogP contribution in [0.3, 0.4) is 0 Å². The molecule has 5 rings (SSSR count).